The summed E-state index contributed by atoms with van der Waals surface area (Å²) in [6.45, 7) is 1.09. The molecule has 1 atom stereocenters. The van der Waals surface area contributed by atoms with Gasteiger partial charge in [0.25, 0.3) is 5.91 Å². The lowest BCUT2D eigenvalue weighted by Crippen LogP contribution is -2.45. The normalized spacial score (nSPS) is 18.3. The highest BCUT2D eigenvalue weighted by Crippen LogP contribution is 2.29. The minimum absolute atomic E-state index is 0.0340. The molecule has 0 saturated carbocycles. The fraction of sp³-hybridized carbons (Fsp3) is 0.350. The molecule has 4 rings (SSSR count). The summed E-state index contributed by atoms with van der Waals surface area (Å²) in [6.07, 6.45) is 3.57. The van der Waals surface area contributed by atoms with E-state index in [1.165, 1.54) is 22.9 Å². The van der Waals surface area contributed by atoms with E-state index in [0.29, 0.717) is 19.5 Å². The first-order chi connectivity index (χ1) is 13.0. The minimum Gasteiger partial charge on any atom is -0.503 e. The van der Waals surface area contributed by atoms with Crippen LogP contribution in [-0.2, 0) is 13.0 Å². The van der Waals surface area contributed by atoms with Gasteiger partial charge in [0.1, 0.15) is 5.82 Å². The van der Waals surface area contributed by atoms with Gasteiger partial charge in [-0.15, -0.1) is 0 Å². The summed E-state index contributed by atoms with van der Waals surface area (Å²) in [7, 11) is 0. The van der Waals surface area contributed by atoms with Gasteiger partial charge in [0.15, 0.2) is 17.2 Å². The van der Waals surface area contributed by atoms with E-state index in [9.17, 15) is 23.9 Å². The molecule has 2 aliphatic rings. The summed E-state index contributed by atoms with van der Waals surface area (Å²) < 4.78 is 14.5. The average molecular weight is 370 g/mol. The lowest BCUT2D eigenvalue weighted by Gasteiger charge is -2.33. The van der Waals surface area contributed by atoms with E-state index in [-0.39, 0.29) is 35.4 Å². The highest BCUT2D eigenvalue weighted by Gasteiger charge is 2.38. The third-order valence-electron chi connectivity index (χ3n) is 5.36. The molecular weight excluding hydrogens is 351 g/mol. The van der Waals surface area contributed by atoms with Gasteiger partial charge >= 0.3 is 0 Å². The maximum absolute atomic E-state index is 13.0. The van der Waals surface area contributed by atoms with Gasteiger partial charge in [-0.05, 0) is 37.0 Å². The van der Waals surface area contributed by atoms with Gasteiger partial charge in [-0.1, -0.05) is 12.1 Å². The van der Waals surface area contributed by atoms with Crippen molar-refractivity contribution in [2.75, 3.05) is 6.54 Å². The van der Waals surface area contributed by atoms with Gasteiger partial charge < -0.3 is 14.6 Å². The van der Waals surface area contributed by atoms with Crippen molar-refractivity contribution in [3.8, 4) is 5.75 Å². The predicted molar refractivity (Wildman–Crippen MR) is 95.5 cm³/mol. The fourth-order valence-electron chi connectivity index (χ4n) is 3.92. The number of Topliss-reactive ketones (excluding diaryl/α,β-unsaturated/α-hetero) is 1. The number of amides is 1. The van der Waals surface area contributed by atoms with E-state index in [0.717, 1.165) is 18.4 Å². The Morgan fingerprint density at radius 3 is 2.70 bits per heavy atom. The van der Waals surface area contributed by atoms with Gasteiger partial charge in [-0.2, -0.15) is 0 Å². The Balaban J connectivity index is 1.61. The van der Waals surface area contributed by atoms with Gasteiger partial charge in [-0.3, -0.25) is 14.4 Å². The molecule has 0 unspecified atom stereocenters. The highest BCUT2D eigenvalue weighted by molar-refractivity contribution is 6.00. The number of carbonyl (C=O) groups is 2. The molecule has 0 radical (unpaired) electrons. The van der Waals surface area contributed by atoms with Gasteiger partial charge in [0.05, 0.1) is 11.6 Å². The number of pyridine rings is 1. The smallest absolute Gasteiger partial charge is 0.274 e. The number of ketones is 1. The zero-order chi connectivity index (χ0) is 19.1. The number of aryl methyl sites for hydroxylation is 1. The predicted octanol–water partition coefficient (Wildman–Crippen LogP) is 2.13. The van der Waals surface area contributed by atoms with Crippen LogP contribution in [0, 0.1) is 5.82 Å². The Hall–Kier alpha value is -2.96. The molecule has 2 aromatic rings. The molecule has 27 heavy (non-hydrogen) atoms. The van der Waals surface area contributed by atoms with Gasteiger partial charge in [0.2, 0.25) is 5.43 Å². The van der Waals surface area contributed by atoms with Crippen LogP contribution in [0.25, 0.3) is 0 Å². The van der Waals surface area contributed by atoms with Crippen molar-refractivity contribution < 1.29 is 19.1 Å². The summed E-state index contributed by atoms with van der Waals surface area (Å²) in [6, 6.07) is 5.85. The third kappa shape index (κ3) is 3.03. The van der Waals surface area contributed by atoms with E-state index < -0.39 is 17.0 Å². The van der Waals surface area contributed by atoms with Crippen molar-refractivity contribution in [1.29, 1.82) is 0 Å². The van der Waals surface area contributed by atoms with E-state index in [2.05, 4.69) is 0 Å². The molecule has 1 aromatic heterocycles. The number of carbonyl (C=O) groups excluding carboxylic acids is 2. The van der Waals surface area contributed by atoms with E-state index in [4.69, 9.17) is 0 Å². The quantitative estimate of drug-likeness (QED) is 0.836. The van der Waals surface area contributed by atoms with Crippen LogP contribution >= 0.6 is 0 Å². The van der Waals surface area contributed by atoms with Gasteiger partial charge in [0, 0.05) is 25.7 Å². The van der Waals surface area contributed by atoms with Crippen LogP contribution in [0.15, 0.2) is 35.3 Å². The number of hydrogen-bond donors (Lipinski definition) is 1. The molecule has 1 saturated heterocycles. The molecule has 2 aliphatic heterocycles. The lowest BCUT2D eigenvalue weighted by molar-refractivity contribution is 0.0659. The van der Waals surface area contributed by atoms with Crippen LogP contribution in [0.3, 0.4) is 0 Å². The van der Waals surface area contributed by atoms with Crippen molar-refractivity contribution in [3.05, 3.63) is 63.3 Å². The number of nitrogens with zero attached hydrogens (tertiary/aromatic N) is 2. The van der Waals surface area contributed by atoms with Crippen molar-refractivity contribution in [1.82, 2.24) is 9.47 Å². The molecule has 6 nitrogen and oxygen atoms in total. The summed E-state index contributed by atoms with van der Waals surface area (Å²) >= 11 is 0. The Labute approximate surface area is 154 Å². The molecule has 0 aliphatic carbocycles. The Bertz CT molecular complexity index is 981. The van der Waals surface area contributed by atoms with Crippen LogP contribution in [0.5, 0.6) is 5.75 Å². The van der Waals surface area contributed by atoms with Crippen molar-refractivity contribution in [3.63, 3.8) is 0 Å². The number of fused-ring (bicyclic) bond motifs is 2. The maximum atomic E-state index is 13.0. The standard InChI is InChI=1S/C20H19FN2O4/c21-13-6-3-12(4-7-13)5-8-16(24)15-11-22-10-14-2-1-9-23(14)20(27)17(22)19(26)18(15)25/h3-4,6-7,11,14,26H,1-2,5,8-10H2/t14-/m1/s1. The summed E-state index contributed by atoms with van der Waals surface area (Å²) in [5.41, 5.74) is -0.175. The molecule has 1 N–H and O–H groups in total. The minimum atomic E-state index is -0.809. The largest absolute Gasteiger partial charge is 0.503 e. The zero-order valence-corrected chi connectivity index (χ0v) is 14.7. The monoisotopic (exact) mass is 370 g/mol. The first-order valence-electron chi connectivity index (χ1n) is 9.00. The molecule has 7 heteroatoms. The average Bonchev–Trinajstić information content (AvgIpc) is 3.12. The highest BCUT2D eigenvalue weighted by atomic mass is 19.1. The number of rotatable bonds is 4. The van der Waals surface area contributed by atoms with Crippen LogP contribution < -0.4 is 5.43 Å². The summed E-state index contributed by atoms with van der Waals surface area (Å²) in [5.74, 6) is -1.77. The van der Waals surface area contributed by atoms with E-state index in [1.807, 2.05) is 0 Å². The molecule has 1 aromatic carbocycles. The number of hydrogen-bond acceptors (Lipinski definition) is 4. The summed E-state index contributed by atoms with van der Waals surface area (Å²) in [5, 5.41) is 10.3. The Morgan fingerprint density at radius 1 is 1.22 bits per heavy atom. The SMILES string of the molecule is O=C(CCc1ccc(F)cc1)c1cn2c(c(O)c1=O)C(=O)N1CCC[C@@H]1C2. The van der Waals surface area contributed by atoms with Crippen LogP contribution in [-0.4, -0.2) is 38.9 Å². The first-order valence-corrected chi connectivity index (χ1v) is 9.00. The molecule has 0 bridgehead atoms. The molecule has 140 valence electrons. The number of aromatic hydroxyl groups is 1. The lowest BCUT2D eigenvalue weighted by atomic mass is 10.0. The van der Waals surface area contributed by atoms with Crippen LogP contribution in [0.4, 0.5) is 4.39 Å². The van der Waals surface area contributed by atoms with E-state index in [1.54, 1.807) is 17.0 Å². The molecular formula is C20H19FN2O4. The molecule has 0 spiro atoms. The Morgan fingerprint density at radius 2 is 1.96 bits per heavy atom. The number of aromatic nitrogens is 1. The second-order valence-corrected chi connectivity index (χ2v) is 7.07. The maximum Gasteiger partial charge on any atom is 0.274 e. The topological polar surface area (TPSA) is 79.6 Å². The third-order valence-corrected chi connectivity index (χ3v) is 5.36. The van der Waals surface area contributed by atoms with Crippen molar-refractivity contribution >= 4 is 11.7 Å². The first kappa shape index (κ1) is 17.5. The van der Waals surface area contributed by atoms with E-state index >= 15 is 0 Å². The Kier molecular flexibility index (Phi) is 4.30. The molecule has 1 amide bonds. The van der Waals surface area contributed by atoms with Gasteiger partial charge in [-0.25, -0.2) is 4.39 Å². The number of halogens is 1. The second kappa shape index (κ2) is 6.64. The van der Waals surface area contributed by atoms with Crippen LogP contribution in [0.2, 0.25) is 0 Å². The van der Waals surface area contributed by atoms with Crippen molar-refractivity contribution in [2.45, 2.75) is 38.3 Å². The van der Waals surface area contributed by atoms with Crippen LogP contribution in [0.1, 0.15) is 45.7 Å². The fourth-order valence-corrected chi connectivity index (χ4v) is 3.92. The zero-order valence-electron chi connectivity index (χ0n) is 14.7. The molecule has 1 fully saturated rings. The molecule has 3 heterocycles. The van der Waals surface area contributed by atoms with Crippen molar-refractivity contribution in [2.24, 2.45) is 0 Å². The second-order valence-electron chi connectivity index (χ2n) is 7.07. The summed E-state index contributed by atoms with van der Waals surface area (Å²) in [4.78, 5) is 39.3. The number of benzene rings is 1.